The van der Waals surface area contributed by atoms with Gasteiger partial charge in [0.05, 0.1) is 6.54 Å². The van der Waals surface area contributed by atoms with Crippen molar-refractivity contribution in [3.63, 3.8) is 0 Å². The smallest absolute Gasteiger partial charge is 0.317 e. The first-order chi connectivity index (χ1) is 8.06. The van der Waals surface area contributed by atoms with Gasteiger partial charge in [-0.15, -0.1) is 0 Å². The maximum atomic E-state index is 10.8. The van der Waals surface area contributed by atoms with Crippen molar-refractivity contribution in [2.45, 2.75) is 25.4 Å². The van der Waals surface area contributed by atoms with Crippen molar-refractivity contribution in [1.29, 1.82) is 0 Å². The minimum atomic E-state index is -0.804. The number of aliphatic carboxylic acids is 1. The largest absolute Gasteiger partial charge is 0.480 e. The fourth-order valence-corrected chi connectivity index (χ4v) is 2.26. The Morgan fingerprint density at radius 2 is 2.12 bits per heavy atom. The molecule has 5 heteroatoms. The highest BCUT2D eigenvalue weighted by molar-refractivity contribution is 6.35. The fourth-order valence-electron chi connectivity index (χ4n) is 1.80. The molecule has 2 rings (SSSR count). The van der Waals surface area contributed by atoms with Crippen molar-refractivity contribution < 1.29 is 9.90 Å². The van der Waals surface area contributed by atoms with Crippen LogP contribution >= 0.6 is 23.2 Å². The van der Waals surface area contributed by atoms with Crippen LogP contribution in [0, 0.1) is 0 Å². The lowest BCUT2D eigenvalue weighted by molar-refractivity contribution is -0.138. The normalized spacial score (nSPS) is 15.2. The molecule has 17 heavy (non-hydrogen) atoms. The van der Waals surface area contributed by atoms with Crippen LogP contribution in [0.5, 0.6) is 0 Å². The molecule has 1 saturated carbocycles. The zero-order valence-electron chi connectivity index (χ0n) is 9.20. The van der Waals surface area contributed by atoms with Gasteiger partial charge in [-0.3, -0.25) is 9.69 Å². The van der Waals surface area contributed by atoms with Crippen LogP contribution in [0.1, 0.15) is 18.4 Å². The first-order valence-electron chi connectivity index (χ1n) is 5.46. The Morgan fingerprint density at radius 1 is 1.41 bits per heavy atom. The Hall–Kier alpha value is -0.770. The summed E-state index contributed by atoms with van der Waals surface area (Å²) >= 11 is 11.9. The number of halogens is 2. The number of benzene rings is 1. The second kappa shape index (κ2) is 5.25. The summed E-state index contributed by atoms with van der Waals surface area (Å²) in [6.45, 7) is 0.622. The third kappa shape index (κ3) is 3.60. The molecular formula is C12H13Cl2NO2. The number of carboxylic acids is 1. The Balaban J connectivity index is 2.08. The quantitative estimate of drug-likeness (QED) is 0.897. The van der Waals surface area contributed by atoms with Crippen molar-refractivity contribution in [2.24, 2.45) is 0 Å². The summed E-state index contributed by atoms with van der Waals surface area (Å²) in [5, 5.41) is 10.0. The topological polar surface area (TPSA) is 40.5 Å². The van der Waals surface area contributed by atoms with Crippen LogP contribution in [0.25, 0.3) is 0 Å². The van der Waals surface area contributed by atoms with E-state index in [1.54, 1.807) is 12.1 Å². The molecule has 92 valence electrons. The number of hydrogen-bond donors (Lipinski definition) is 1. The van der Waals surface area contributed by atoms with Gasteiger partial charge in [0.2, 0.25) is 0 Å². The molecule has 0 aliphatic heterocycles. The van der Waals surface area contributed by atoms with Gasteiger partial charge in [-0.25, -0.2) is 0 Å². The minimum absolute atomic E-state index is 0.0591. The van der Waals surface area contributed by atoms with E-state index in [0.717, 1.165) is 18.4 Å². The van der Waals surface area contributed by atoms with Crippen LogP contribution in [-0.2, 0) is 11.3 Å². The number of rotatable bonds is 5. The Bertz CT molecular complexity index is 433. The average Bonchev–Trinajstić information content (AvgIpc) is 3.03. The molecule has 0 saturated heterocycles. The lowest BCUT2D eigenvalue weighted by atomic mass is 10.2. The third-order valence-corrected chi connectivity index (χ3v) is 3.38. The summed E-state index contributed by atoms with van der Waals surface area (Å²) < 4.78 is 0. The van der Waals surface area contributed by atoms with Crippen LogP contribution in [0.3, 0.4) is 0 Å². The van der Waals surface area contributed by atoms with E-state index in [4.69, 9.17) is 28.3 Å². The lowest BCUT2D eigenvalue weighted by Crippen LogP contribution is -2.31. The monoisotopic (exact) mass is 273 g/mol. The molecule has 1 N–H and O–H groups in total. The number of nitrogens with zero attached hydrogens (tertiary/aromatic N) is 1. The van der Waals surface area contributed by atoms with Gasteiger partial charge in [0.25, 0.3) is 0 Å². The summed E-state index contributed by atoms with van der Waals surface area (Å²) in [6, 6.07) is 5.69. The molecule has 3 nitrogen and oxygen atoms in total. The van der Waals surface area contributed by atoms with Crippen molar-refractivity contribution in [2.75, 3.05) is 6.54 Å². The molecule has 0 spiro atoms. The molecule has 1 aromatic rings. The van der Waals surface area contributed by atoms with Crippen LogP contribution < -0.4 is 0 Å². The predicted octanol–water partition coefficient (Wildman–Crippen LogP) is 3.04. The number of hydrogen-bond acceptors (Lipinski definition) is 2. The average molecular weight is 274 g/mol. The van der Waals surface area contributed by atoms with Gasteiger partial charge in [0.15, 0.2) is 0 Å². The molecular weight excluding hydrogens is 261 g/mol. The second-order valence-corrected chi connectivity index (χ2v) is 5.11. The van der Waals surface area contributed by atoms with Gasteiger partial charge in [0.1, 0.15) is 0 Å². The Labute approximate surface area is 110 Å². The molecule has 0 amide bonds. The summed E-state index contributed by atoms with van der Waals surface area (Å²) in [6.07, 6.45) is 2.14. The Morgan fingerprint density at radius 3 is 2.65 bits per heavy atom. The fraction of sp³-hybridized carbons (Fsp3) is 0.417. The van der Waals surface area contributed by atoms with E-state index in [2.05, 4.69) is 0 Å². The van der Waals surface area contributed by atoms with Crippen LogP contribution in [0.2, 0.25) is 10.0 Å². The lowest BCUT2D eigenvalue weighted by Gasteiger charge is -2.20. The van der Waals surface area contributed by atoms with Gasteiger partial charge in [-0.2, -0.15) is 0 Å². The van der Waals surface area contributed by atoms with E-state index >= 15 is 0 Å². The summed E-state index contributed by atoms with van der Waals surface area (Å²) in [7, 11) is 0. The molecule has 1 aliphatic rings. The first kappa shape index (κ1) is 12.7. The SMILES string of the molecule is O=C(O)CN(Cc1ccc(Cl)cc1Cl)C1CC1. The van der Waals surface area contributed by atoms with E-state index in [0.29, 0.717) is 22.6 Å². The summed E-state index contributed by atoms with van der Waals surface area (Å²) in [4.78, 5) is 12.7. The Kier molecular flexibility index (Phi) is 3.92. The molecule has 0 heterocycles. The van der Waals surface area contributed by atoms with Gasteiger partial charge in [-0.1, -0.05) is 29.3 Å². The number of carbonyl (C=O) groups is 1. The highest BCUT2D eigenvalue weighted by atomic mass is 35.5. The molecule has 0 unspecified atom stereocenters. The molecule has 0 atom stereocenters. The summed E-state index contributed by atoms with van der Waals surface area (Å²) in [5.41, 5.74) is 0.921. The van der Waals surface area contributed by atoms with Crippen LogP contribution in [-0.4, -0.2) is 28.6 Å². The van der Waals surface area contributed by atoms with Gasteiger partial charge >= 0.3 is 5.97 Å². The van der Waals surface area contributed by atoms with Gasteiger partial charge in [0, 0.05) is 22.6 Å². The molecule has 1 aliphatic carbocycles. The zero-order chi connectivity index (χ0) is 12.4. The maximum Gasteiger partial charge on any atom is 0.317 e. The molecule has 0 radical (unpaired) electrons. The molecule has 0 aromatic heterocycles. The highest BCUT2D eigenvalue weighted by Crippen LogP contribution is 2.30. The standard InChI is InChI=1S/C12H13Cl2NO2/c13-9-2-1-8(11(14)5-9)6-15(7-12(16)17)10-3-4-10/h1-2,5,10H,3-4,6-7H2,(H,16,17). The molecule has 1 aromatic carbocycles. The van der Waals surface area contributed by atoms with Gasteiger partial charge in [-0.05, 0) is 30.5 Å². The van der Waals surface area contributed by atoms with Crippen molar-refractivity contribution in [3.05, 3.63) is 33.8 Å². The van der Waals surface area contributed by atoms with Crippen molar-refractivity contribution in [3.8, 4) is 0 Å². The molecule has 1 fully saturated rings. The first-order valence-corrected chi connectivity index (χ1v) is 6.21. The third-order valence-electron chi connectivity index (χ3n) is 2.79. The van der Waals surface area contributed by atoms with Gasteiger partial charge < -0.3 is 5.11 Å². The number of carboxylic acid groups (broad SMARTS) is 1. The predicted molar refractivity (Wildman–Crippen MR) is 67.5 cm³/mol. The van der Waals surface area contributed by atoms with Crippen LogP contribution in [0.15, 0.2) is 18.2 Å². The van der Waals surface area contributed by atoms with E-state index in [-0.39, 0.29) is 6.54 Å². The van der Waals surface area contributed by atoms with E-state index in [1.165, 1.54) is 0 Å². The van der Waals surface area contributed by atoms with Crippen molar-refractivity contribution >= 4 is 29.2 Å². The summed E-state index contributed by atoms with van der Waals surface area (Å²) in [5.74, 6) is -0.804. The second-order valence-electron chi connectivity index (χ2n) is 4.27. The van der Waals surface area contributed by atoms with Crippen LogP contribution in [0.4, 0.5) is 0 Å². The van der Waals surface area contributed by atoms with E-state index < -0.39 is 5.97 Å². The highest BCUT2D eigenvalue weighted by Gasteiger charge is 2.30. The minimum Gasteiger partial charge on any atom is -0.480 e. The maximum absolute atomic E-state index is 10.8. The van der Waals surface area contributed by atoms with Crippen molar-refractivity contribution in [1.82, 2.24) is 4.90 Å². The van der Waals surface area contributed by atoms with E-state index in [1.807, 2.05) is 11.0 Å². The van der Waals surface area contributed by atoms with E-state index in [9.17, 15) is 4.79 Å². The zero-order valence-corrected chi connectivity index (χ0v) is 10.7. The molecule has 0 bridgehead atoms.